The fourth-order valence-corrected chi connectivity index (χ4v) is 7.29. The molecule has 5 N–H and O–H groups in total. The van der Waals surface area contributed by atoms with Gasteiger partial charge >= 0.3 is 6.18 Å². The first-order valence-electron chi connectivity index (χ1n) is 15.7. The van der Waals surface area contributed by atoms with Gasteiger partial charge in [-0.05, 0) is 57.0 Å². The fourth-order valence-electron chi connectivity index (χ4n) is 7.03. The number of piperidine rings is 2. The van der Waals surface area contributed by atoms with Crippen molar-refractivity contribution in [3.63, 3.8) is 0 Å². The molecule has 244 valence electrons. The number of imidazole rings is 1. The molecule has 2 saturated heterocycles. The fraction of sp³-hybridized carbons (Fsp3) is 0.516. The molecular weight excluding hydrogens is 625 g/mol. The highest BCUT2D eigenvalue weighted by Crippen LogP contribution is 2.46. The number of fused-ring (bicyclic) bond motifs is 1. The summed E-state index contributed by atoms with van der Waals surface area (Å²) in [7, 11) is 0. The van der Waals surface area contributed by atoms with Crippen molar-refractivity contribution in [3.8, 4) is 0 Å². The molecule has 0 radical (unpaired) electrons. The van der Waals surface area contributed by atoms with Crippen LogP contribution in [0.15, 0.2) is 24.4 Å². The number of rotatable bonds is 8. The van der Waals surface area contributed by atoms with Gasteiger partial charge in [0.05, 0.1) is 10.6 Å². The number of anilines is 1. The van der Waals surface area contributed by atoms with E-state index in [9.17, 15) is 27.6 Å². The van der Waals surface area contributed by atoms with Crippen LogP contribution in [0, 0.1) is 17.8 Å². The molecule has 4 heterocycles. The molecule has 1 aromatic carbocycles. The second kappa shape index (κ2) is 12.0. The summed E-state index contributed by atoms with van der Waals surface area (Å²) in [4.78, 5) is 47.6. The van der Waals surface area contributed by atoms with Crippen molar-refractivity contribution in [2.75, 3.05) is 31.5 Å². The molecule has 2 atom stereocenters. The number of amides is 3. The van der Waals surface area contributed by atoms with Crippen molar-refractivity contribution in [3.05, 3.63) is 63.5 Å². The molecule has 7 rings (SSSR count). The molecule has 4 fully saturated rings. The van der Waals surface area contributed by atoms with Crippen molar-refractivity contribution < 1.29 is 27.6 Å². The topological polar surface area (TPSA) is 148 Å². The third kappa shape index (κ3) is 5.99. The number of H-pyrrole nitrogens is 2. The SMILES string of the molecule is O=C(Nc1ccc(C(=O)NC2C3CN(C(=O)C4CCNCC4)CC32)c(Cl)c1)c1ncc(Cc2c(C(F)(F)F)n[nH]c2C2CCC2)[nH]1. The van der Waals surface area contributed by atoms with E-state index in [1.165, 1.54) is 18.3 Å². The Morgan fingerprint density at radius 2 is 1.78 bits per heavy atom. The van der Waals surface area contributed by atoms with Crippen LogP contribution in [0.4, 0.5) is 18.9 Å². The van der Waals surface area contributed by atoms with Gasteiger partial charge in [0.25, 0.3) is 11.8 Å². The second-order valence-electron chi connectivity index (χ2n) is 12.8. The lowest BCUT2D eigenvalue weighted by Gasteiger charge is -2.28. The zero-order chi connectivity index (χ0) is 32.2. The third-order valence-electron chi connectivity index (χ3n) is 9.86. The van der Waals surface area contributed by atoms with E-state index in [4.69, 9.17) is 11.6 Å². The molecule has 2 aliphatic heterocycles. The molecule has 2 aliphatic carbocycles. The van der Waals surface area contributed by atoms with Gasteiger partial charge in [0.2, 0.25) is 5.91 Å². The summed E-state index contributed by atoms with van der Waals surface area (Å²) in [5, 5.41) is 15.3. The Morgan fingerprint density at radius 1 is 1.04 bits per heavy atom. The van der Waals surface area contributed by atoms with Gasteiger partial charge in [0.1, 0.15) is 0 Å². The van der Waals surface area contributed by atoms with Crippen molar-refractivity contribution in [1.82, 2.24) is 35.7 Å². The molecule has 4 aliphatic rings. The largest absolute Gasteiger partial charge is 0.435 e. The van der Waals surface area contributed by atoms with Gasteiger partial charge < -0.3 is 25.8 Å². The lowest BCUT2D eigenvalue weighted by molar-refractivity contribution is -0.141. The van der Waals surface area contributed by atoms with Crippen LogP contribution >= 0.6 is 11.6 Å². The first-order chi connectivity index (χ1) is 22.1. The van der Waals surface area contributed by atoms with Gasteiger partial charge in [0.15, 0.2) is 11.5 Å². The minimum absolute atomic E-state index is 0.00720. The Bertz CT molecular complexity index is 1650. The lowest BCUT2D eigenvalue weighted by Crippen LogP contribution is -2.43. The number of carbonyl (C=O) groups is 3. The van der Waals surface area contributed by atoms with Crippen LogP contribution in [0.3, 0.4) is 0 Å². The average molecular weight is 659 g/mol. The highest BCUT2D eigenvalue weighted by molar-refractivity contribution is 6.34. The summed E-state index contributed by atoms with van der Waals surface area (Å²) in [6, 6.07) is 4.51. The number of likely N-dealkylation sites (tertiary alicyclic amines) is 1. The minimum Gasteiger partial charge on any atom is -0.349 e. The molecule has 11 nitrogen and oxygen atoms in total. The van der Waals surface area contributed by atoms with E-state index in [0.29, 0.717) is 30.2 Å². The molecule has 46 heavy (non-hydrogen) atoms. The van der Waals surface area contributed by atoms with Gasteiger partial charge in [-0.2, -0.15) is 18.3 Å². The Labute approximate surface area is 267 Å². The number of hydrogen-bond donors (Lipinski definition) is 5. The zero-order valence-electron chi connectivity index (χ0n) is 24.8. The summed E-state index contributed by atoms with van der Waals surface area (Å²) in [6.07, 6.45) is 0.897. The van der Waals surface area contributed by atoms with E-state index < -0.39 is 17.8 Å². The van der Waals surface area contributed by atoms with Crippen LogP contribution in [0.2, 0.25) is 5.02 Å². The molecular formula is C31H34ClF3N8O3. The molecule has 0 spiro atoms. The van der Waals surface area contributed by atoms with Crippen LogP contribution in [-0.2, 0) is 17.4 Å². The van der Waals surface area contributed by atoms with Gasteiger partial charge in [-0.3, -0.25) is 19.5 Å². The first-order valence-corrected chi connectivity index (χ1v) is 16.0. The molecule has 2 aromatic heterocycles. The van der Waals surface area contributed by atoms with Gasteiger partial charge in [-0.25, -0.2) is 4.98 Å². The number of aromatic nitrogens is 4. The number of halogens is 4. The standard InChI is InChI=1S/C31H34ClF3N8O3/c32-23-11-17(4-5-19(23)28(44)40-25-21-13-43(14-22(21)25)30(46)16-6-8-36-9-7-16)39-29(45)27-37-12-18(38-27)10-20-24(15-2-1-3-15)41-42-26(20)31(33,34)35/h4-5,11-12,15-16,21-22,25,36H,1-3,6-10,13-14H2,(H,37,38)(H,39,45)(H,40,44)(H,41,42). The number of hydrogen-bond acceptors (Lipinski definition) is 6. The lowest BCUT2D eigenvalue weighted by atomic mass is 9.80. The predicted molar refractivity (Wildman–Crippen MR) is 161 cm³/mol. The second-order valence-corrected chi connectivity index (χ2v) is 13.2. The van der Waals surface area contributed by atoms with E-state index in [1.54, 1.807) is 6.07 Å². The summed E-state index contributed by atoms with van der Waals surface area (Å²) in [5.74, 6) is -0.234. The molecule has 3 aromatic rings. The number of alkyl halides is 3. The monoisotopic (exact) mass is 658 g/mol. The summed E-state index contributed by atoms with van der Waals surface area (Å²) < 4.78 is 40.9. The van der Waals surface area contributed by atoms with E-state index in [0.717, 1.165) is 45.2 Å². The number of nitrogens with zero attached hydrogens (tertiary/aromatic N) is 3. The van der Waals surface area contributed by atoms with Crippen molar-refractivity contribution in [2.45, 2.75) is 56.7 Å². The average Bonchev–Trinajstić information content (AvgIpc) is 3.46. The molecule has 2 saturated carbocycles. The van der Waals surface area contributed by atoms with Crippen LogP contribution < -0.4 is 16.0 Å². The zero-order valence-corrected chi connectivity index (χ0v) is 25.6. The van der Waals surface area contributed by atoms with Crippen molar-refractivity contribution >= 4 is 35.0 Å². The van der Waals surface area contributed by atoms with Crippen LogP contribution in [0.1, 0.15) is 81.6 Å². The Morgan fingerprint density at radius 3 is 2.43 bits per heavy atom. The molecule has 15 heteroatoms. The predicted octanol–water partition coefficient (Wildman–Crippen LogP) is 4.10. The van der Waals surface area contributed by atoms with Gasteiger partial charge in [-0.15, -0.1) is 0 Å². The van der Waals surface area contributed by atoms with E-state index in [2.05, 4.69) is 36.1 Å². The maximum Gasteiger partial charge on any atom is 0.435 e. The van der Waals surface area contributed by atoms with Gasteiger partial charge in [0, 0.05) is 78.1 Å². The van der Waals surface area contributed by atoms with E-state index >= 15 is 0 Å². The Hall–Kier alpha value is -3.91. The summed E-state index contributed by atoms with van der Waals surface area (Å²) >= 11 is 6.43. The number of carbonyl (C=O) groups excluding carboxylic acids is 3. The van der Waals surface area contributed by atoms with E-state index in [-0.39, 0.29) is 69.9 Å². The third-order valence-corrected chi connectivity index (χ3v) is 10.2. The highest BCUT2D eigenvalue weighted by Gasteiger charge is 2.57. The maximum atomic E-state index is 13.6. The highest BCUT2D eigenvalue weighted by atomic mass is 35.5. The summed E-state index contributed by atoms with van der Waals surface area (Å²) in [6.45, 7) is 3.04. The first kappa shape index (κ1) is 30.7. The smallest absolute Gasteiger partial charge is 0.349 e. The van der Waals surface area contributed by atoms with Crippen molar-refractivity contribution in [2.24, 2.45) is 17.8 Å². The Balaban J connectivity index is 0.937. The molecule has 2 unspecified atom stereocenters. The number of aromatic amines is 2. The number of nitrogens with one attached hydrogen (secondary N) is 5. The number of benzene rings is 1. The quantitative estimate of drug-likeness (QED) is 0.246. The van der Waals surface area contributed by atoms with E-state index in [1.807, 2.05) is 4.90 Å². The van der Waals surface area contributed by atoms with Crippen LogP contribution in [0.25, 0.3) is 0 Å². The maximum absolute atomic E-state index is 13.6. The summed E-state index contributed by atoms with van der Waals surface area (Å²) in [5.41, 5.74) is 0.505. The van der Waals surface area contributed by atoms with Gasteiger partial charge in [-0.1, -0.05) is 18.0 Å². The van der Waals surface area contributed by atoms with Crippen LogP contribution in [-0.4, -0.2) is 75.0 Å². The van der Waals surface area contributed by atoms with Crippen molar-refractivity contribution in [1.29, 1.82) is 0 Å². The van der Waals surface area contributed by atoms with Crippen LogP contribution in [0.5, 0.6) is 0 Å². The minimum atomic E-state index is -4.61. The Kier molecular flexibility index (Phi) is 8.04. The molecule has 0 bridgehead atoms. The normalized spacial score (nSPS) is 23.1. The molecule has 3 amide bonds.